The number of rotatable bonds is 5. The van der Waals surface area contributed by atoms with Gasteiger partial charge in [0.15, 0.2) is 5.43 Å². The van der Waals surface area contributed by atoms with Crippen LogP contribution in [0.2, 0.25) is 0 Å². The Morgan fingerprint density at radius 1 is 0.912 bits per heavy atom. The quantitative estimate of drug-likeness (QED) is 0.385. The van der Waals surface area contributed by atoms with E-state index in [9.17, 15) is 14.4 Å². The summed E-state index contributed by atoms with van der Waals surface area (Å²) in [5.41, 5.74) is 3.31. The Labute approximate surface area is 196 Å². The number of methoxy groups -OCH3 is 1. The number of pyridine rings is 1. The molecule has 0 N–H and O–H groups in total. The van der Waals surface area contributed by atoms with Gasteiger partial charge in [-0.15, -0.1) is 0 Å². The number of para-hydroxylation sites is 1. The van der Waals surface area contributed by atoms with Crippen molar-refractivity contribution >= 4 is 22.9 Å². The Hall–Kier alpha value is -4.26. The molecular weight excluding hydrogens is 434 g/mol. The molecule has 7 nitrogen and oxygen atoms in total. The van der Waals surface area contributed by atoms with Crippen LogP contribution in [0.5, 0.6) is 0 Å². The average Bonchev–Trinajstić information content (AvgIpc) is 2.83. The summed E-state index contributed by atoms with van der Waals surface area (Å²) in [4.78, 5) is 42.4. The smallest absolute Gasteiger partial charge is 0.340 e. The van der Waals surface area contributed by atoms with Gasteiger partial charge < -0.3 is 13.9 Å². The molecule has 2 aromatic heterocycles. The maximum absolute atomic E-state index is 12.8. The van der Waals surface area contributed by atoms with E-state index in [0.717, 1.165) is 0 Å². The molecule has 0 bridgehead atoms. The van der Waals surface area contributed by atoms with E-state index < -0.39 is 11.9 Å². The third-order valence-corrected chi connectivity index (χ3v) is 5.52. The van der Waals surface area contributed by atoms with E-state index in [-0.39, 0.29) is 23.2 Å². The first kappa shape index (κ1) is 22.9. The van der Waals surface area contributed by atoms with Crippen LogP contribution in [0.3, 0.4) is 0 Å². The fourth-order valence-electron chi connectivity index (χ4n) is 3.99. The van der Waals surface area contributed by atoms with Gasteiger partial charge in [0, 0.05) is 17.2 Å². The number of hydrogen-bond acceptors (Lipinski definition) is 7. The molecule has 0 atom stereocenters. The second kappa shape index (κ2) is 9.31. The number of hydrogen-bond donors (Lipinski definition) is 0. The second-order valence-electron chi connectivity index (χ2n) is 7.67. The SMILES string of the molecule is CCOC(=O)c1c(C)nc(C)c(C(=O)OC)c1-c1ccc(-c2cc(=O)c3ccccc3o2)cc1. The van der Waals surface area contributed by atoms with Crippen molar-refractivity contribution in [1.82, 2.24) is 4.98 Å². The number of aryl methyl sites for hydroxylation is 2. The normalized spacial score (nSPS) is 10.8. The summed E-state index contributed by atoms with van der Waals surface area (Å²) >= 11 is 0. The molecule has 34 heavy (non-hydrogen) atoms. The van der Waals surface area contributed by atoms with Gasteiger partial charge in [-0.1, -0.05) is 36.4 Å². The number of fused-ring (bicyclic) bond motifs is 1. The minimum atomic E-state index is -0.602. The van der Waals surface area contributed by atoms with Crippen molar-refractivity contribution in [3.05, 3.63) is 87.3 Å². The molecule has 172 valence electrons. The molecule has 0 fully saturated rings. The molecule has 4 aromatic rings. The zero-order valence-corrected chi connectivity index (χ0v) is 19.3. The predicted molar refractivity (Wildman–Crippen MR) is 128 cm³/mol. The maximum atomic E-state index is 12.8. The highest BCUT2D eigenvalue weighted by Gasteiger charge is 2.27. The Morgan fingerprint density at radius 3 is 2.18 bits per heavy atom. The summed E-state index contributed by atoms with van der Waals surface area (Å²) < 4.78 is 16.2. The monoisotopic (exact) mass is 457 g/mol. The van der Waals surface area contributed by atoms with Gasteiger partial charge in [0.05, 0.1) is 41.6 Å². The lowest BCUT2D eigenvalue weighted by Gasteiger charge is -2.17. The molecule has 7 heteroatoms. The largest absolute Gasteiger partial charge is 0.465 e. The number of aromatic nitrogens is 1. The van der Waals surface area contributed by atoms with E-state index in [4.69, 9.17) is 13.9 Å². The van der Waals surface area contributed by atoms with Gasteiger partial charge in [0.2, 0.25) is 0 Å². The zero-order valence-electron chi connectivity index (χ0n) is 19.3. The summed E-state index contributed by atoms with van der Waals surface area (Å²) in [6, 6.07) is 15.5. The van der Waals surface area contributed by atoms with Crippen LogP contribution in [-0.4, -0.2) is 30.6 Å². The number of ether oxygens (including phenoxy) is 2. The standard InChI is InChI=1S/C27H23NO6/c1-5-33-27(31)24-16(3)28-15(2)23(26(30)32-4)25(24)18-12-10-17(11-13-18)22-14-20(29)19-8-6-7-9-21(19)34-22/h6-14H,5H2,1-4H3. The first-order valence-electron chi connectivity index (χ1n) is 10.8. The molecule has 2 heterocycles. The Morgan fingerprint density at radius 2 is 1.53 bits per heavy atom. The highest BCUT2D eigenvalue weighted by atomic mass is 16.5. The molecule has 0 amide bonds. The van der Waals surface area contributed by atoms with Gasteiger partial charge in [-0.05, 0) is 38.5 Å². The second-order valence-corrected chi connectivity index (χ2v) is 7.67. The lowest BCUT2D eigenvalue weighted by atomic mass is 9.91. The van der Waals surface area contributed by atoms with E-state index in [0.29, 0.717) is 44.8 Å². The number of carbonyl (C=O) groups excluding carboxylic acids is 2. The van der Waals surface area contributed by atoms with Crippen LogP contribution < -0.4 is 5.43 Å². The summed E-state index contributed by atoms with van der Waals surface area (Å²) in [6.07, 6.45) is 0. The summed E-state index contributed by atoms with van der Waals surface area (Å²) in [7, 11) is 1.28. The molecular formula is C27H23NO6. The van der Waals surface area contributed by atoms with Crippen molar-refractivity contribution in [3.63, 3.8) is 0 Å². The Balaban J connectivity index is 1.89. The van der Waals surface area contributed by atoms with E-state index >= 15 is 0 Å². The van der Waals surface area contributed by atoms with Crippen molar-refractivity contribution in [1.29, 1.82) is 0 Å². The topological polar surface area (TPSA) is 95.7 Å². The van der Waals surface area contributed by atoms with Crippen LogP contribution in [0.25, 0.3) is 33.4 Å². The lowest BCUT2D eigenvalue weighted by Crippen LogP contribution is -2.16. The van der Waals surface area contributed by atoms with E-state index in [1.807, 2.05) is 0 Å². The third kappa shape index (κ3) is 4.08. The highest BCUT2D eigenvalue weighted by molar-refractivity contribution is 6.07. The van der Waals surface area contributed by atoms with Crippen LogP contribution in [0.1, 0.15) is 39.0 Å². The van der Waals surface area contributed by atoms with Gasteiger partial charge in [0.25, 0.3) is 0 Å². The lowest BCUT2D eigenvalue weighted by molar-refractivity contribution is 0.0526. The van der Waals surface area contributed by atoms with E-state index in [2.05, 4.69) is 4.98 Å². The fourth-order valence-corrected chi connectivity index (χ4v) is 3.99. The molecule has 0 aliphatic rings. The first-order chi connectivity index (χ1) is 16.3. The summed E-state index contributed by atoms with van der Waals surface area (Å²) in [5, 5.41) is 0.507. The van der Waals surface area contributed by atoms with Gasteiger partial charge >= 0.3 is 11.9 Å². The van der Waals surface area contributed by atoms with E-state index in [1.54, 1.807) is 69.3 Å². The third-order valence-electron chi connectivity index (χ3n) is 5.52. The average molecular weight is 457 g/mol. The molecule has 0 spiro atoms. The molecule has 0 radical (unpaired) electrons. The van der Waals surface area contributed by atoms with Crippen molar-refractivity contribution in [2.24, 2.45) is 0 Å². The fraction of sp³-hybridized carbons (Fsp3) is 0.185. The maximum Gasteiger partial charge on any atom is 0.340 e. The van der Waals surface area contributed by atoms with Gasteiger partial charge in [0.1, 0.15) is 11.3 Å². The molecule has 0 aliphatic carbocycles. The molecule has 0 saturated heterocycles. The van der Waals surface area contributed by atoms with Gasteiger partial charge in [-0.2, -0.15) is 0 Å². The number of nitrogens with zero attached hydrogens (tertiary/aromatic N) is 1. The molecule has 4 rings (SSSR count). The Bertz CT molecular complexity index is 1470. The van der Waals surface area contributed by atoms with Gasteiger partial charge in [-0.3, -0.25) is 9.78 Å². The molecule has 0 aliphatic heterocycles. The minimum absolute atomic E-state index is 0.140. The van der Waals surface area contributed by atoms with Crippen LogP contribution in [0, 0.1) is 13.8 Å². The summed E-state index contributed by atoms with van der Waals surface area (Å²) in [5.74, 6) is -0.761. The Kier molecular flexibility index (Phi) is 6.27. The van der Waals surface area contributed by atoms with E-state index in [1.165, 1.54) is 13.2 Å². The number of carbonyl (C=O) groups is 2. The molecule has 0 unspecified atom stereocenters. The van der Waals surface area contributed by atoms with Crippen molar-refractivity contribution in [3.8, 4) is 22.5 Å². The van der Waals surface area contributed by atoms with Crippen LogP contribution in [-0.2, 0) is 9.47 Å². The van der Waals surface area contributed by atoms with Crippen molar-refractivity contribution < 1.29 is 23.5 Å². The highest BCUT2D eigenvalue weighted by Crippen LogP contribution is 2.34. The molecule has 0 saturated carbocycles. The van der Waals surface area contributed by atoms with Crippen LogP contribution in [0.4, 0.5) is 0 Å². The number of esters is 2. The summed E-state index contributed by atoms with van der Waals surface area (Å²) in [6.45, 7) is 5.28. The van der Waals surface area contributed by atoms with Gasteiger partial charge in [-0.25, -0.2) is 9.59 Å². The first-order valence-corrected chi connectivity index (χ1v) is 10.8. The number of benzene rings is 2. The van der Waals surface area contributed by atoms with Crippen LogP contribution >= 0.6 is 0 Å². The minimum Gasteiger partial charge on any atom is -0.465 e. The molecule has 2 aromatic carbocycles. The van der Waals surface area contributed by atoms with Crippen molar-refractivity contribution in [2.75, 3.05) is 13.7 Å². The predicted octanol–water partition coefficient (Wildman–Crippen LogP) is 5.10. The van der Waals surface area contributed by atoms with Crippen molar-refractivity contribution in [2.45, 2.75) is 20.8 Å². The zero-order chi connectivity index (χ0) is 24.4. The van der Waals surface area contributed by atoms with Crippen LogP contribution in [0.15, 0.2) is 63.8 Å².